The molecule has 1 N–H and O–H groups in total. The van der Waals surface area contributed by atoms with Gasteiger partial charge in [0.15, 0.2) is 0 Å². The minimum atomic E-state index is -0.689. The summed E-state index contributed by atoms with van der Waals surface area (Å²) in [6, 6.07) is 0. The predicted octanol–water partition coefficient (Wildman–Crippen LogP) is 3.34. The van der Waals surface area contributed by atoms with Gasteiger partial charge in [-0.05, 0) is 50.9 Å². The van der Waals surface area contributed by atoms with E-state index in [1.165, 1.54) is 0 Å². The summed E-state index contributed by atoms with van der Waals surface area (Å²) in [7, 11) is 0. The van der Waals surface area contributed by atoms with Gasteiger partial charge in [0, 0.05) is 0 Å². The Bertz CT molecular complexity index is 361. The van der Waals surface area contributed by atoms with Crippen molar-refractivity contribution in [2.45, 2.75) is 46.1 Å². The first-order valence-corrected chi connectivity index (χ1v) is 7.55. The molecule has 20 heavy (non-hydrogen) atoms. The summed E-state index contributed by atoms with van der Waals surface area (Å²) >= 11 is 0. The number of esters is 1. The van der Waals surface area contributed by atoms with E-state index in [1.807, 2.05) is 6.92 Å². The van der Waals surface area contributed by atoms with Gasteiger partial charge in [-0.15, -0.1) is 6.58 Å². The molecule has 1 aliphatic carbocycles. The third-order valence-corrected chi connectivity index (χ3v) is 4.50. The molecule has 0 amide bonds. The second-order valence-electron chi connectivity index (χ2n) is 5.96. The van der Waals surface area contributed by atoms with Gasteiger partial charge in [-0.3, -0.25) is 4.79 Å². The molecule has 0 aliphatic heterocycles. The topological polar surface area (TPSA) is 46.5 Å². The highest BCUT2D eigenvalue weighted by molar-refractivity contribution is 5.73. The van der Waals surface area contributed by atoms with E-state index in [0.29, 0.717) is 24.9 Å². The van der Waals surface area contributed by atoms with Crippen LogP contribution in [-0.4, -0.2) is 23.8 Å². The van der Waals surface area contributed by atoms with Gasteiger partial charge in [0.25, 0.3) is 0 Å². The van der Waals surface area contributed by atoms with Gasteiger partial charge in [-0.25, -0.2) is 0 Å². The van der Waals surface area contributed by atoms with Gasteiger partial charge >= 0.3 is 5.97 Å². The highest BCUT2D eigenvalue weighted by Gasteiger charge is 2.43. The van der Waals surface area contributed by atoms with E-state index in [-0.39, 0.29) is 11.9 Å². The van der Waals surface area contributed by atoms with Gasteiger partial charge in [-0.1, -0.05) is 25.2 Å². The SMILES string of the molecule is C=CCC(C(=O)OCC)C(O)[C@@H]1[C@H](C)CC[C@H]1C(=C)C. The van der Waals surface area contributed by atoms with Crippen LogP contribution in [0.2, 0.25) is 0 Å². The number of rotatable bonds is 7. The summed E-state index contributed by atoms with van der Waals surface area (Å²) in [6.07, 6.45) is 3.56. The van der Waals surface area contributed by atoms with Crippen LogP contribution in [0.5, 0.6) is 0 Å². The third kappa shape index (κ3) is 3.72. The fraction of sp³-hybridized carbons (Fsp3) is 0.706. The van der Waals surface area contributed by atoms with E-state index in [2.05, 4.69) is 20.1 Å². The molecule has 2 unspecified atom stereocenters. The fourth-order valence-corrected chi connectivity index (χ4v) is 3.45. The molecule has 1 rings (SSSR count). The normalized spacial score (nSPS) is 28.7. The molecule has 3 nitrogen and oxygen atoms in total. The number of hydrogen-bond donors (Lipinski definition) is 1. The standard InChI is InChI=1S/C17H28O3/c1-6-8-14(17(19)20-7-2)16(18)15-12(5)9-10-13(15)11(3)4/h6,12-16,18H,1,3,7-10H2,2,4-5H3/t12-,13+,14?,15-,16?/m1/s1. The second kappa shape index (κ2) is 7.63. The van der Waals surface area contributed by atoms with Crippen molar-refractivity contribution in [1.82, 2.24) is 0 Å². The van der Waals surface area contributed by atoms with E-state index in [4.69, 9.17) is 4.74 Å². The molecule has 0 aromatic carbocycles. The Kier molecular flexibility index (Phi) is 6.47. The van der Waals surface area contributed by atoms with Crippen LogP contribution in [0.1, 0.15) is 40.0 Å². The first kappa shape index (κ1) is 17.0. The van der Waals surface area contributed by atoms with Crippen LogP contribution >= 0.6 is 0 Å². The summed E-state index contributed by atoms with van der Waals surface area (Å²) in [6.45, 7) is 14.0. The van der Waals surface area contributed by atoms with Crippen LogP contribution in [0.3, 0.4) is 0 Å². The zero-order valence-corrected chi connectivity index (χ0v) is 13.0. The average molecular weight is 280 g/mol. The van der Waals surface area contributed by atoms with Crippen molar-refractivity contribution in [3.8, 4) is 0 Å². The Hall–Kier alpha value is -1.09. The van der Waals surface area contributed by atoms with Gasteiger partial charge < -0.3 is 9.84 Å². The van der Waals surface area contributed by atoms with Crippen LogP contribution in [0.15, 0.2) is 24.8 Å². The van der Waals surface area contributed by atoms with Crippen molar-refractivity contribution >= 4 is 5.97 Å². The van der Waals surface area contributed by atoms with Crippen LogP contribution in [0.4, 0.5) is 0 Å². The highest BCUT2D eigenvalue weighted by atomic mass is 16.5. The van der Waals surface area contributed by atoms with Crippen molar-refractivity contribution in [1.29, 1.82) is 0 Å². The molecule has 0 radical (unpaired) electrons. The maximum absolute atomic E-state index is 12.1. The summed E-state index contributed by atoms with van der Waals surface area (Å²) < 4.78 is 5.10. The number of aliphatic hydroxyl groups is 1. The highest BCUT2D eigenvalue weighted by Crippen LogP contribution is 2.44. The predicted molar refractivity (Wildman–Crippen MR) is 81.1 cm³/mol. The molecule has 1 saturated carbocycles. The lowest BCUT2D eigenvalue weighted by Crippen LogP contribution is -2.39. The van der Waals surface area contributed by atoms with Crippen LogP contribution in [-0.2, 0) is 9.53 Å². The Balaban J connectivity index is 2.91. The largest absolute Gasteiger partial charge is 0.466 e. The molecular formula is C17H28O3. The van der Waals surface area contributed by atoms with Gasteiger partial charge in [0.1, 0.15) is 0 Å². The first-order chi connectivity index (χ1) is 9.43. The summed E-state index contributed by atoms with van der Waals surface area (Å²) in [5.74, 6) is -0.0589. The fourth-order valence-electron chi connectivity index (χ4n) is 3.45. The monoisotopic (exact) mass is 280 g/mol. The van der Waals surface area contributed by atoms with Crippen molar-refractivity contribution in [2.24, 2.45) is 23.7 Å². The summed E-state index contributed by atoms with van der Waals surface area (Å²) in [5.41, 5.74) is 1.10. The number of hydrogen-bond acceptors (Lipinski definition) is 3. The first-order valence-electron chi connectivity index (χ1n) is 7.55. The molecule has 0 heterocycles. The van der Waals surface area contributed by atoms with E-state index in [9.17, 15) is 9.90 Å². The lowest BCUT2D eigenvalue weighted by atomic mass is 9.76. The molecule has 114 valence electrons. The van der Waals surface area contributed by atoms with Crippen LogP contribution in [0, 0.1) is 23.7 Å². The van der Waals surface area contributed by atoms with E-state index in [0.717, 1.165) is 18.4 Å². The Morgan fingerprint density at radius 1 is 1.50 bits per heavy atom. The summed E-state index contributed by atoms with van der Waals surface area (Å²) in [4.78, 5) is 12.1. The summed E-state index contributed by atoms with van der Waals surface area (Å²) in [5, 5.41) is 10.7. The second-order valence-corrected chi connectivity index (χ2v) is 5.96. The molecule has 5 atom stereocenters. The molecule has 0 aromatic rings. The maximum Gasteiger partial charge on any atom is 0.311 e. The Morgan fingerprint density at radius 3 is 2.65 bits per heavy atom. The average Bonchev–Trinajstić information content (AvgIpc) is 2.77. The van der Waals surface area contributed by atoms with Gasteiger partial charge in [0.05, 0.1) is 18.6 Å². The molecule has 0 bridgehead atoms. The zero-order valence-electron chi connectivity index (χ0n) is 13.0. The Morgan fingerprint density at radius 2 is 2.15 bits per heavy atom. The van der Waals surface area contributed by atoms with E-state index < -0.39 is 12.0 Å². The third-order valence-electron chi connectivity index (χ3n) is 4.50. The molecule has 1 aliphatic rings. The number of allylic oxidation sites excluding steroid dienone is 2. The number of aliphatic hydroxyl groups excluding tert-OH is 1. The van der Waals surface area contributed by atoms with E-state index in [1.54, 1.807) is 13.0 Å². The molecule has 3 heteroatoms. The minimum Gasteiger partial charge on any atom is -0.466 e. The molecule has 0 aromatic heterocycles. The maximum atomic E-state index is 12.1. The van der Waals surface area contributed by atoms with Gasteiger partial charge in [-0.2, -0.15) is 0 Å². The number of carbonyl (C=O) groups is 1. The van der Waals surface area contributed by atoms with Crippen LogP contribution in [0.25, 0.3) is 0 Å². The minimum absolute atomic E-state index is 0.0851. The van der Waals surface area contributed by atoms with Crippen LogP contribution < -0.4 is 0 Å². The van der Waals surface area contributed by atoms with E-state index >= 15 is 0 Å². The van der Waals surface area contributed by atoms with Crippen molar-refractivity contribution < 1.29 is 14.6 Å². The smallest absolute Gasteiger partial charge is 0.311 e. The lowest BCUT2D eigenvalue weighted by molar-refractivity contribution is -0.154. The molecular weight excluding hydrogens is 252 g/mol. The number of carbonyl (C=O) groups excluding carboxylic acids is 1. The molecule has 0 saturated heterocycles. The quantitative estimate of drug-likeness (QED) is 0.574. The van der Waals surface area contributed by atoms with Crippen molar-refractivity contribution in [3.63, 3.8) is 0 Å². The Labute approximate surface area is 122 Å². The van der Waals surface area contributed by atoms with Crippen molar-refractivity contribution in [2.75, 3.05) is 6.61 Å². The number of ether oxygens (including phenoxy) is 1. The zero-order chi connectivity index (χ0) is 15.3. The lowest BCUT2D eigenvalue weighted by Gasteiger charge is -2.32. The van der Waals surface area contributed by atoms with Gasteiger partial charge in [0.2, 0.25) is 0 Å². The molecule has 0 spiro atoms. The molecule has 1 fully saturated rings. The van der Waals surface area contributed by atoms with Crippen molar-refractivity contribution in [3.05, 3.63) is 24.8 Å².